The highest BCUT2D eigenvalue weighted by Gasteiger charge is 2.03. The molecule has 15 heavy (non-hydrogen) atoms. The number of aromatic nitrogens is 2. The van der Waals surface area contributed by atoms with Crippen molar-refractivity contribution >= 4 is 33.4 Å². The van der Waals surface area contributed by atoms with Gasteiger partial charge >= 0.3 is 0 Å². The van der Waals surface area contributed by atoms with Crippen molar-refractivity contribution in [2.75, 3.05) is 5.73 Å². The van der Waals surface area contributed by atoms with E-state index >= 15 is 0 Å². The van der Waals surface area contributed by atoms with Crippen molar-refractivity contribution in [3.63, 3.8) is 0 Å². The molecule has 0 radical (unpaired) electrons. The van der Waals surface area contributed by atoms with Crippen LogP contribution >= 0.6 is 27.7 Å². The van der Waals surface area contributed by atoms with Crippen molar-refractivity contribution in [1.29, 1.82) is 0 Å². The molecule has 0 fully saturated rings. The Kier molecular flexibility index (Phi) is 3.23. The molecule has 0 aliphatic rings. The van der Waals surface area contributed by atoms with Gasteiger partial charge < -0.3 is 5.73 Å². The van der Waals surface area contributed by atoms with Gasteiger partial charge in [-0.3, -0.25) is 4.98 Å². The zero-order chi connectivity index (χ0) is 10.7. The fourth-order valence-corrected chi connectivity index (χ4v) is 2.16. The van der Waals surface area contributed by atoms with Crippen LogP contribution < -0.4 is 5.73 Å². The summed E-state index contributed by atoms with van der Waals surface area (Å²) >= 11 is 4.85. The largest absolute Gasteiger partial charge is 0.397 e. The van der Waals surface area contributed by atoms with Gasteiger partial charge in [0, 0.05) is 28.0 Å². The lowest BCUT2D eigenvalue weighted by Gasteiger charge is -2.03. The molecule has 0 aliphatic heterocycles. The van der Waals surface area contributed by atoms with Gasteiger partial charge in [-0.2, -0.15) is 0 Å². The van der Waals surface area contributed by atoms with E-state index in [1.807, 2.05) is 18.2 Å². The number of halogens is 1. The fourth-order valence-electron chi connectivity index (χ4n) is 1.05. The second-order valence-electron chi connectivity index (χ2n) is 2.83. The van der Waals surface area contributed by atoms with Crippen LogP contribution in [0.4, 0.5) is 5.69 Å². The maximum absolute atomic E-state index is 5.84. The molecule has 0 spiro atoms. The first-order chi connectivity index (χ1) is 7.25. The predicted octanol–water partition coefficient (Wildman–Crippen LogP) is 2.97. The summed E-state index contributed by atoms with van der Waals surface area (Å²) < 4.78 is 0.888. The topological polar surface area (TPSA) is 51.8 Å². The van der Waals surface area contributed by atoms with E-state index < -0.39 is 0 Å². The number of rotatable bonds is 2. The van der Waals surface area contributed by atoms with Crippen LogP contribution in [0.15, 0.2) is 51.2 Å². The predicted molar refractivity (Wildman–Crippen MR) is 64.7 cm³/mol. The van der Waals surface area contributed by atoms with Gasteiger partial charge in [-0.15, -0.1) is 0 Å². The zero-order valence-electron chi connectivity index (χ0n) is 7.72. The van der Waals surface area contributed by atoms with E-state index in [-0.39, 0.29) is 0 Å². The van der Waals surface area contributed by atoms with Crippen molar-refractivity contribution in [1.82, 2.24) is 9.97 Å². The zero-order valence-corrected chi connectivity index (χ0v) is 10.1. The lowest BCUT2D eigenvalue weighted by molar-refractivity contribution is 1.13. The van der Waals surface area contributed by atoms with Gasteiger partial charge in [0.15, 0.2) is 0 Å². The van der Waals surface area contributed by atoms with E-state index in [0.29, 0.717) is 5.69 Å². The minimum Gasteiger partial charge on any atom is -0.397 e. The summed E-state index contributed by atoms with van der Waals surface area (Å²) in [4.78, 5) is 9.27. The molecule has 2 heterocycles. The molecule has 2 aromatic rings. The van der Waals surface area contributed by atoms with Crippen molar-refractivity contribution in [3.8, 4) is 0 Å². The van der Waals surface area contributed by atoms with E-state index in [1.165, 1.54) is 11.8 Å². The highest BCUT2D eigenvalue weighted by molar-refractivity contribution is 9.10. The lowest BCUT2D eigenvalue weighted by atomic mass is 10.4. The van der Waals surface area contributed by atoms with Gasteiger partial charge in [-0.25, -0.2) is 4.98 Å². The Bertz CT molecular complexity index is 461. The van der Waals surface area contributed by atoms with Crippen LogP contribution in [0.5, 0.6) is 0 Å². The van der Waals surface area contributed by atoms with Gasteiger partial charge in [-0.1, -0.05) is 11.8 Å². The van der Waals surface area contributed by atoms with E-state index in [9.17, 15) is 0 Å². The Morgan fingerprint density at radius 3 is 2.67 bits per heavy atom. The molecule has 2 rings (SSSR count). The van der Waals surface area contributed by atoms with Gasteiger partial charge in [-0.05, 0) is 34.1 Å². The summed E-state index contributed by atoms with van der Waals surface area (Å²) in [6.45, 7) is 0. The third-order valence-electron chi connectivity index (χ3n) is 1.71. The van der Waals surface area contributed by atoms with Gasteiger partial charge in [0.1, 0.15) is 5.03 Å². The maximum atomic E-state index is 5.84. The summed E-state index contributed by atoms with van der Waals surface area (Å²) in [5.41, 5.74) is 6.51. The Morgan fingerprint density at radius 2 is 2.00 bits per heavy atom. The Morgan fingerprint density at radius 1 is 1.27 bits per heavy atom. The second kappa shape index (κ2) is 4.63. The molecule has 3 nitrogen and oxygen atoms in total. The molecule has 0 unspecified atom stereocenters. The molecule has 0 aliphatic carbocycles. The number of pyridine rings is 2. The number of nitrogens with zero attached hydrogens (tertiary/aromatic N) is 2. The first-order valence-electron chi connectivity index (χ1n) is 4.24. The SMILES string of the molecule is Nc1cc(Br)cnc1Sc1ccncc1. The van der Waals surface area contributed by atoms with Crippen LogP contribution in [-0.2, 0) is 0 Å². The molecular weight excluding hydrogens is 274 g/mol. The van der Waals surface area contributed by atoms with Crippen LogP contribution in [0.3, 0.4) is 0 Å². The molecule has 5 heteroatoms. The van der Waals surface area contributed by atoms with Crippen molar-refractivity contribution < 1.29 is 0 Å². The normalized spacial score (nSPS) is 10.2. The number of nitrogen functional groups attached to an aromatic ring is 1. The lowest BCUT2D eigenvalue weighted by Crippen LogP contribution is -1.91. The third-order valence-corrected chi connectivity index (χ3v) is 3.19. The van der Waals surface area contributed by atoms with Crippen molar-refractivity contribution in [3.05, 3.63) is 41.3 Å². The van der Waals surface area contributed by atoms with E-state index in [1.54, 1.807) is 18.6 Å². The molecule has 0 saturated carbocycles. The summed E-state index contributed by atoms with van der Waals surface area (Å²) in [5, 5.41) is 0.810. The molecular formula is C10H8BrN3S. The first kappa shape index (κ1) is 10.4. The van der Waals surface area contributed by atoms with Crippen LogP contribution in [0.2, 0.25) is 0 Å². The van der Waals surface area contributed by atoms with E-state index in [2.05, 4.69) is 25.9 Å². The minimum atomic E-state index is 0.672. The first-order valence-corrected chi connectivity index (χ1v) is 5.85. The number of nitrogens with two attached hydrogens (primary N) is 1. The molecule has 0 atom stereocenters. The Labute approximate surface area is 100 Å². The molecule has 0 aromatic carbocycles. The Balaban J connectivity index is 2.25. The second-order valence-corrected chi connectivity index (χ2v) is 4.81. The monoisotopic (exact) mass is 281 g/mol. The molecule has 76 valence electrons. The summed E-state index contributed by atoms with van der Waals surface area (Å²) in [5.74, 6) is 0. The van der Waals surface area contributed by atoms with Gasteiger partial charge in [0.05, 0.1) is 5.69 Å². The highest BCUT2D eigenvalue weighted by atomic mass is 79.9. The van der Waals surface area contributed by atoms with Crippen molar-refractivity contribution in [2.24, 2.45) is 0 Å². The van der Waals surface area contributed by atoms with Crippen LogP contribution in [0.1, 0.15) is 0 Å². The van der Waals surface area contributed by atoms with Gasteiger partial charge in [0.2, 0.25) is 0 Å². The van der Waals surface area contributed by atoms with Gasteiger partial charge in [0.25, 0.3) is 0 Å². The highest BCUT2D eigenvalue weighted by Crippen LogP contribution is 2.30. The Hall–Kier alpha value is -1.07. The molecule has 0 amide bonds. The maximum Gasteiger partial charge on any atom is 0.124 e. The van der Waals surface area contributed by atoms with E-state index in [4.69, 9.17) is 5.73 Å². The molecule has 0 bridgehead atoms. The summed E-state index contributed by atoms with van der Waals surface area (Å²) in [6.07, 6.45) is 5.23. The average Bonchev–Trinajstić information content (AvgIpc) is 2.24. The molecule has 2 N–H and O–H groups in total. The number of anilines is 1. The fraction of sp³-hybridized carbons (Fsp3) is 0. The molecule has 2 aromatic heterocycles. The standard InChI is InChI=1S/C10H8BrN3S/c11-7-5-9(12)10(14-6-7)15-8-1-3-13-4-2-8/h1-6H,12H2. The minimum absolute atomic E-state index is 0.672. The van der Waals surface area contributed by atoms with Crippen molar-refractivity contribution in [2.45, 2.75) is 9.92 Å². The van der Waals surface area contributed by atoms with Crippen LogP contribution in [0.25, 0.3) is 0 Å². The summed E-state index contributed by atoms with van der Waals surface area (Å²) in [6, 6.07) is 5.69. The number of hydrogen-bond donors (Lipinski definition) is 1. The van der Waals surface area contributed by atoms with E-state index in [0.717, 1.165) is 14.4 Å². The number of hydrogen-bond acceptors (Lipinski definition) is 4. The smallest absolute Gasteiger partial charge is 0.124 e. The van der Waals surface area contributed by atoms with Crippen LogP contribution in [-0.4, -0.2) is 9.97 Å². The molecule has 0 saturated heterocycles. The third kappa shape index (κ3) is 2.70. The average molecular weight is 282 g/mol. The quantitative estimate of drug-likeness (QED) is 0.920. The van der Waals surface area contributed by atoms with Crippen LogP contribution in [0, 0.1) is 0 Å². The summed E-state index contributed by atoms with van der Waals surface area (Å²) in [7, 11) is 0.